The highest BCUT2D eigenvalue weighted by molar-refractivity contribution is 5.91. The topological polar surface area (TPSA) is 65.8 Å². The zero-order valence-corrected chi connectivity index (χ0v) is 16.2. The van der Waals surface area contributed by atoms with Crippen LogP contribution in [0.1, 0.15) is 40.2 Å². The molecule has 1 aromatic carbocycles. The number of rotatable bonds is 5. The number of piperazine rings is 1. The summed E-state index contributed by atoms with van der Waals surface area (Å²) < 4.78 is 5.17. The van der Waals surface area contributed by atoms with E-state index in [-0.39, 0.29) is 17.9 Å². The third-order valence-corrected chi connectivity index (χ3v) is 5.17. The number of benzene rings is 1. The molecule has 27 heavy (non-hydrogen) atoms. The molecular weight excluding hydrogens is 342 g/mol. The Morgan fingerprint density at radius 2 is 1.85 bits per heavy atom. The fraction of sp³-hybridized carbons (Fsp3) is 0.429. The van der Waals surface area contributed by atoms with E-state index in [0.717, 1.165) is 5.56 Å². The van der Waals surface area contributed by atoms with Gasteiger partial charge in [0.25, 0.3) is 5.91 Å². The van der Waals surface area contributed by atoms with Crippen LogP contribution in [0.4, 0.5) is 0 Å². The smallest absolute Gasteiger partial charge is 0.289 e. The molecule has 3 rings (SSSR count). The van der Waals surface area contributed by atoms with Gasteiger partial charge in [-0.15, -0.1) is 0 Å². The molecule has 0 radical (unpaired) electrons. The standard InChI is InChI=1S/C21H27N3O3/c1-15-6-7-18(13-16(15)2)17(3)22-20(25)14-23-8-10-24(11-9-23)21(26)19-5-4-12-27-19/h4-7,12-13,17H,8-11,14H2,1-3H3,(H,22,25). The number of hydrogen-bond acceptors (Lipinski definition) is 4. The van der Waals surface area contributed by atoms with Crippen molar-refractivity contribution in [2.24, 2.45) is 0 Å². The summed E-state index contributed by atoms with van der Waals surface area (Å²) >= 11 is 0. The van der Waals surface area contributed by atoms with Crippen molar-refractivity contribution in [1.29, 1.82) is 0 Å². The van der Waals surface area contributed by atoms with Crippen LogP contribution < -0.4 is 5.32 Å². The summed E-state index contributed by atoms with van der Waals surface area (Å²) in [7, 11) is 0. The molecule has 0 bridgehead atoms. The Balaban J connectivity index is 1.46. The highest BCUT2D eigenvalue weighted by atomic mass is 16.3. The maximum absolute atomic E-state index is 12.4. The average molecular weight is 369 g/mol. The van der Waals surface area contributed by atoms with E-state index in [4.69, 9.17) is 4.42 Å². The summed E-state index contributed by atoms with van der Waals surface area (Å²) in [5.41, 5.74) is 3.59. The second kappa shape index (κ2) is 8.39. The Bertz CT molecular complexity index is 793. The van der Waals surface area contributed by atoms with Crippen molar-refractivity contribution in [3.8, 4) is 0 Å². The molecule has 6 nitrogen and oxygen atoms in total. The van der Waals surface area contributed by atoms with Gasteiger partial charge in [-0.05, 0) is 49.6 Å². The molecule has 1 fully saturated rings. The molecule has 1 atom stereocenters. The first-order valence-corrected chi connectivity index (χ1v) is 9.35. The lowest BCUT2D eigenvalue weighted by molar-refractivity contribution is -0.123. The van der Waals surface area contributed by atoms with Gasteiger partial charge >= 0.3 is 0 Å². The van der Waals surface area contributed by atoms with Gasteiger partial charge < -0.3 is 14.6 Å². The molecular formula is C21H27N3O3. The Morgan fingerprint density at radius 3 is 2.48 bits per heavy atom. The zero-order valence-electron chi connectivity index (χ0n) is 16.2. The predicted octanol–water partition coefficient (Wildman–Crippen LogP) is 2.53. The number of furan rings is 1. The molecule has 1 aliphatic rings. The molecule has 144 valence electrons. The SMILES string of the molecule is Cc1ccc(C(C)NC(=O)CN2CCN(C(=O)c3ccco3)CC2)cc1C. The Kier molecular flexibility index (Phi) is 5.96. The van der Waals surface area contributed by atoms with E-state index >= 15 is 0 Å². The summed E-state index contributed by atoms with van der Waals surface area (Å²) in [5, 5.41) is 3.07. The second-order valence-corrected chi connectivity index (χ2v) is 7.18. The van der Waals surface area contributed by atoms with Crippen LogP contribution >= 0.6 is 0 Å². The zero-order chi connectivity index (χ0) is 19.4. The molecule has 1 N–H and O–H groups in total. The molecule has 1 aromatic heterocycles. The van der Waals surface area contributed by atoms with Crippen LogP contribution in [0.3, 0.4) is 0 Å². The van der Waals surface area contributed by atoms with Crippen LogP contribution in [-0.2, 0) is 4.79 Å². The van der Waals surface area contributed by atoms with Crippen LogP contribution in [0.5, 0.6) is 0 Å². The molecule has 2 heterocycles. The summed E-state index contributed by atoms with van der Waals surface area (Å²) in [6.45, 7) is 9.06. The van der Waals surface area contributed by atoms with Crippen LogP contribution in [0.2, 0.25) is 0 Å². The minimum Gasteiger partial charge on any atom is -0.459 e. The van der Waals surface area contributed by atoms with E-state index in [1.165, 1.54) is 17.4 Å². The van der Waals surface area contributed by atoms with Crippen LogP contribution in [0, 0.1) is 13.8 Å². The number of nitrogens with one attached hydrogen (secondary N) is 1. The average Bonchev–Trinajstić information content (AvgIpc) is 3.18. The lowest BCUT2D eigenvalue weighted by Crippen LogP contribution is -2.51. The van der Waals surface area contributed by atoms with E-state index in [1.807, 2.05) is 6.92 Å². The number of carbonyl (C=O) groups excluding carboxylic acids is 2. The molecule has 2 amide bonds. The van der Waals surface area contributed by atoms with Gasteiger partial charge in [-0.3, -0.25) is 14.5 Å². The van der Waals surface area contributed by atoms with Crippen LogP contribution in [0.25, 0.3) is 0 Å². The fourth-order valence-corrected chi connectivity index (χ4v) is 3.27. The summed E-state index contributed by atoms with van der Waals surface area (Å²) in [6, 6.07) is 9.63. The second-order valence-electron chi connectivity index (χ2n) is 7.18. The van der Waals surface area contributed by atoms with Gasteiger partial charge in [0.2, 0.25) is 5.91 Å². The highest BCUT2D eigenvalue weighted by Gasteiger charge is 2.24. The minimum absolute atomic E-state index is 0.00605. The van der Waals surface area contributed by atoms with Gasteiger partial charge in [0.1, 0.15) is 0 Å². The normalized spacial score (nSPS) is 16.2. The molecule has 0 spiro atoms. The van der Waals surface area contributed by atoms with Crippen LogP contribution in [-0.4, -0.2) is 54.3 Å². The van der Waals surface area contributed by atoms with Crippen molar-refractivity contribution in [3.05, 3.63) is 59.0 Å². The summed E-state index contributed by atoms with van der Waals surface area (Å²) in [4.78, 5) is 28.5. The molecule has 0 aliphatic carbocycles. The van der Waals surface area contributed by atoms with E-state index in [0.29, 0.717) is 38.5 Å². The van der Waals surface area contributed by atoms with Gasteiger partial charge in [0.15, 0.2) is 5.76 Å². The number of carbonyl (C=O) groups is 2. The van der Waals surface area contributed by atoms with Crippen molar-refractivity contribution in [1.82, 2.24) is 15.1 Å². The number of amides is 2. The van der Waals surface area contributed by atoms with E-state index in [2.05, 4.69) is 42.3 Å². The third kappa shape index (κ3) is 4.77. The molecule has 1 unspecified atom stereocenters. The lowest BCUT2D eigenvalue weighted by atomic mass is 10.0. The van der Waals surface area contributed by atoms with Gasteiger partial charge in [0, 0.05) is 26.2 Å². The minimum atomic E-state index is -0.0903. The molecule has 1 saturated heterocycles. The van der Waals surface area contributed by atoms with Gasteiger partial charge in [-0.25, -0.2) is 0 Å². The summed E-state index contributed by atoms with van der Waals surface area (Å²) in [5.74, 6) is 0.280. The molecule has 0 saturated carbocycles. The van der Waals surface area contributed by atoms with Gasteiger partial charge in [-0.2, -0.15) is 0 Å². The monoisotopic (exact) mass is 369 g/mol. The Morgan fingerprint density at radius 1 is 1.11 bits per heavy atom. The number of aryl methyl sites for hydroxylation is 2. The van der Waals surface area contributed by atoms with Crippen molar-refractivity contribution < 1.29 is 14.0 Å². The Labute approximate surface area is 160 Å². The largest absolute Gasteiger partial charge is 0.459 e. The number of hydrogen-bond donors (Lipinski definition) is 1. The molecule has 2 aromatic rings. The van der Waals surface area contributed by atoms with Crippen molar-refractivity contribution in [3.63, 3.8) is 0 Å². The van der Waals surface area contributed by atoms with Crippen molar-refractivity contribution in [2.75, 3.05) is 32.7 Å². The van der Waals surface area contributed by atoms with E-state index < -0.39 is 0 Å². The third-order valence-electron chi connectivity index (χ3n) is 5.17. The quantitative estimate of drug-likeness (QED) is 0.880. The van der Waals surface area contributed by atoms with Crippen molar-refractivity contribution in [2.45, 2.75) is 26.8 Å². The summed E-state index contributed by atoms with van der Waals surface area (Å²) in [6.07, 6.45) is 1.50. The maximum atomic E-state index is 12.4. The maximum Gasteiger partial charge on any atom is 0.289 e. The van der Waals surface area contributed by atoms with Crippen LogP contribution in [0.15, 0.2) is 41.0 Å². The molecule has 6 heteroatoms. The first-order valence-electron chi connectivity index (χ1n) is 9.35. The fourth-order valence-electron chi connectivity index (χ4n) is 3.27. The molecule has 1 aliphatic heterocycles. The Hall–Kier alpha value is -2.60. The van der Waals surface area contributed by atoms with Crippen molar-refractivity contribution >= 4 is 11.8 Å². The lowest BCUT2D eigenvalue weighted by Gasteiger charge is -2.34. The number of nitrogens with zero attached hydrogens (tertiary/aromatic N) is 2. The van der Waals surface area contributed by atoms with E-state index in [9.17, 15) is 9.59 Å². The van der Waals surface area contributed by atoms with E-state index in [1.54, 1.807) is 17.0 Å². The van der Waals surface area contributed by atoms with Gasteiger partial charge in [-0.1, -0.05) is 18.2 Å². The van der Waals surface area contributed by atoms with Gasteiger partial charge in [0.05, 0.1) is 18.8 Å². The predicted molar refractivity (Wildman–Crippen MR) is 104 cm³/mol. The first-order chi connectivity index (χ1) is 12.9. The first kappa shape index (κ1) is 19.2. The highest BCUT2D eigenvalue weighted by Crippen LogP contribution is 2.17.